The molecular weight excluding hydrogens is 138 g/mol. The van der Waals surface area contributed by atoms with Crippen LogP contribution in [0.5, 0.6) is 0 Å². The predicted molar refractivity (Wildman–Crippen MR) is 41.9 cm³/mol. The minimum absolute atomic E-state index is 0.0807. The second-order valence-electron chi connectivity index (χ2n) is 4.57. The van der Waals surface area contributed by atoms with Crippen LogP contribution >= 0.6 is 0 Å². The Morgan fingerprint density at radius 3 is 2.18 bits per heavy atom. The van der Waals surface area contributed by atoms with Crippen molar-refractivity contribution in [2.45, 2.75) is 25.5 Å². The van der Waals surface area contributed by atoms with Crippen molar-refractivity contribution in [2.75, 3.05) is 13.1 Å². The van der Waals surface area contributed by atoms with E-state index in [0.29, 0.717) is 5.92 Å². The van der Waals surface area contributed by atoms with Crippen LogP contribution in [0.15, 0.2) is 0 Å². The summed E-state index contributed by atoms with van der Waals surface area (Å²) in [5.41, 5.74) is 0. The zero-order chi connectivity index (χ0) is 7.42. The van der Waals surface area contributed by atoms with Crippen LogP contribution in [0.3, 0.4) is 0 Å². The van der Waals surface area contributed by atoms with Gasteiger partial charge in [0.15, 0.2) is 0 Å². The molecule has 4 fully saturated rings. The summed E-state index contributed by atoms with van der Waals surface area (Å²) in [6.07, 6.45) is 3.96. The van der Waals surface area contributed by atoms with Crippen LogP contribution in [0.1, 0.15) is 19.3 Å². The molecule has 1 aliphatic carbocycles. The van der Waals surface area contributed by atoms with Gasteiger partial charge in [-0.2, -0.15) is 0 Å². The van der Waals surface area contributed by atoms with Crippen molar-refractivity contribution >= 4 is 0 Å². The molecule has 2 nitrogen and oxygen atoms in total. The van der Waals surface area contributed by atoms with Gasteiger partial charge in [0.25, 0.3) is 0 Å². The summed E-state index contributed by atoms with van der Waals surface area (Å²) >= 11 is 0. The van der Waals surface area contributed by atoms with Gasteiger partial charge >= 0.3 is 0 Å². The number of aliphatic hydroxyl groups excluding tert-OH is 1. The first-order valence-electron chi connectivity index (χ1n) is 4.75. The number of hydrogen-bond acceptors (Lipinski definition) is 2. The Morgan fingerprint density at radius 1 is 1.00 bits per heavy atom. The number of hydrogen-bond donors (Lipinski definition) is 1. The van der Waals surface area contributed by atoms with Crippen molar-refractivity contribution in [3.63, 3.8) is 0 Å². The molecule has 3 saturated heterocycles. The molecule has 0 radical (unpaired) electrons. The number of aliphatic hydroxyl groups is 1. The summed E-state index contributed by atoms with van der Waals surface area (Å²) in [7, 11) is 0. The lowest BCUT2D eigenvalue weighted by atomic mass is 9.67. The summed E-state index contributed by atoms with van der Waals surface area (Å²) in [5, 5.41) is 9.75. The fourth-order valence-electron chi connectivity index (χ4n) is 3.41. The summed E-state index contributed by atoms with van der Waals surface area (Å²) in [6.45, 7) is 2.35. The Hall–Kier alpha value is -0.0800. The molecule has 2 heteroatoms. The van der Waals surface area contributed by atoms with Crippen molar-refractivity contribution in [1.29, 1.82) is 0 Å². The van der Waals surface area contributed by atoms with Crippen LogP contribution in [-0.2, 0) is 0 Å². The van der Waals surface area contributed by atoms with Crippen LogP contribution < -0.4 is 0 Å². The zero-order valence-electron chi connectivity index (χ0n) is 6.74. The Kier molecular flexibility index (Phi) is 1.16. The molecule has 1 saturated carbocycles. The lowest BCUT2D eigenvalue weighted by Crippen LogP contribution is -2.59. The highest BCUT2D eigenvalue weighted by atomic mass is 16.3. The molecule has 11 heavy (non-hydrogen) atoms. The minimum atomic E-state index is -0.0807. The molecule has 3 atom stereocenters. The van der Waals surface area contributed by atoms with Crippen LogP contribution in [0.2, 0.25) is 0 Å². The van der Waals surface area contributed by atoms with E-state index in [2.05, 4.69) is 4.90 Å². The number of nitrogens with zero attached hydrogens (tertiary/aromatic N) is 1. The standard InChI is InChI=1S/C9H15NO/c11-9-8-2-6-1-7(3-8)5-10(9)4-6/h6-9,11H,1-5H2. The van der Waals surface area contributed by atoms with E-state index in [0.717, 1.165) is 11.8 Å². The normalized spacial score (nSPS) is 60.3. The Morgan fingerprint density at radius 2 is 1.64 bits per heavy atom. The second kappa shape index (κ2) is 1.99. The smallest absolute Gasteiger partial charge is 0.110 e. The third-order valence-electron chi connectivity index (χ3n) is 3.72. The van der Waals surface area contributed by atoms with E-state index in [1.165, 1.54) is 32.4 Å². The van der Waals surface area contributed by atoms with Crippen molar-refractivity contribution in [3.05, 3.63) is 0 Å². The average molecular weight is 153 g/mol. The largest absolute Gasteiger partial charge is 0.378 e. The third kappa shape index (κ3) is 0.798. The molecular formula is C9H15NO. The first-order chi connectivity index (χ1) is 5.33. The molecule has 62 valence electrons. The van der Waals surface area contributed by atoms with Gasteiger partial charge in [0.05, 0.1) is 0 Å². The van der Waals surface area contributed by atoms with Gasteiger partial charge in [-0.3, -0.25) is 4.90 Å². The highest BCUT2D eigenvalue weighted by Gasteiger charge is 2.46. The Bertz CT molecular complexity index is 152. The van der Waals surface area contributed by atoms with Crippen LogP contribution in [0.25, 0.3) is 0 Å². The van der Waals surface area contributed by atoms with Crippen molar-refractivity contribution < 1.29 is 5.11 Å². The molecule has 3 heterocycles. The van der Waals surface area contributed by atoms with Gasteiger partial charge in [0, 0.05) is 13.1 Å². The van der Waals surface area contributed by atoms with E-state index in [1.807, 2.05) is 0 Å². The predicted octanol–water partition coefficient (Wildman–Crippen LogP) is 0.667. The van der Waals surface area contributed by atoms with Crippen molar-refractivity contribution in [3.8, 4) is 0 Å². The lowest BCUT2D eigenvalue weighted by Gasteiger charge is -2.54. The molecule has 4 bridgehead atoms. The molecule has 0 spiro atoms. The minimum Gasteiger partial charge on any atom is -0.378 e. The fraction of sp³-hybridized carbons (Fsp3) is 1.00. The molecule has 3 unspecified atom stereocenters. The van der Waals surface area contributed by atoms with Crippen molar-refractivity contribution in [2.24, 2.45) is 17.8 Å². The van der Waals surface area contributed by atoms with Gasteiger partial charge in [0.1, 0.15) is 6.23 Å². The summed E-state index contributed by atoms with van der Waals surface area (Å²) in [5.74, 6) is 2.48. The molecule has 3 aliphatic heterocycles. The maximum atomic E-state index is 9.75. The van der Waals surface area contributed by atoms with Gasteiger partial charge in [0.2, 0.25) is 0 Å². The Labute approximate surface area is 67.2 Å². The first kappa shape index (κ1) is 6.44. The van der Waals surface area contributed by atoms with Crippen molar-refractivity contribution in [1.82, 2.24) is 4.90 Å². The van der Waals surface area contributed by atoms with E-state index in [-0.39, 0.29) is 6.23 Å². The second-order valence-corrected chi connectivity index (χ2v) is 4.57. The summed E-state index contributed by atoms with van der Waals surface area (Å²) < 4.78 is 0. The van der Waals surface area contributed by atoms with E-state index in [9.17, 15) is 5.11 Å². The van der Waals surface area contributed by atoms with Gasteiger partial charge in [-0.15, -0.1) is 0 Å². The van der Waals surface area contributed by atoms with Gasteiger partial charge in [-0.1, -0.05) is 0 Å². The molecule has 1 N–H and O–H groups in total. The summed E-state index contributed by atoms with van der Waals surface area (Å²) in [6, 6.07) is 0. The van der Waals surface area contributed by atoms with Gasteiger partial charge in [-0.25, -0.2) is 0 Å². The van der Waals surface area contributed by atoms with E-state index in [4.69, 9.17) is 0 Å². The van der Waals surface area contributed by atoms with Gasteiger partial charge in [-0.05, 0) is 37.0 Å². The third-order valence-corrected chi connectivity index (χ3v) is 3.72. The lowest BCUT2D eigenvalue weighted by molar-refractivity contribution is -0.155. The van der Waals surface area contributed by atoms with E-state index in [1.54, 1.807) is 0 Å². The van der Waals surface area contributed by atoms with Crippen LogP contribution in [0.4, 0.5) is 0 Å². The van der Waals surface area contributed by atoms with E-state index < -0.39 is 0 Å². The molecule has 4 aliphatic rings. The SMILES string of the molecule is OC1C2CC3CC(C2)CN1C3. The number of piperidine rings is 3. The molecule has 0 aromatic rings. The maximum absolute atomic E-state index is 9.75. The Balaban J connectivity index is 1.91. The topological polar surface area (TPSA) is 23.5 Å². The quantitative estimate of drug-likeness (QED) is 0.553. The zero-order valence-corrected chi connectivity index (χ0v) is 6.74. The molecule has 0 amide bonds. The van der Waals surface area contributed by atoms with E-state index >= 15 is 0 Å². The van der Waals surface area contributed by atoms with Crippen LogP contribution in [0, 0.1) is 17.8 Å². The first-order valence-corrected chi connectivity index (χ1v) is 4.75. The highest BCUT2D eigenvalue weighted by Crippen LogP contribution is 2.45. The summed E-state index contributed by atoms with van der Waals surface area (Å²) in [4.78, 5) is 2.29. The molecule has 0 aromatic carbocycles. The van der Waals surface area contributed by atoms with Gasteiger partial charge < -0.3 is 5.11 Å². The maximum Gasteiger partial charge on any atom is 0.110 e. The monoisotopic (exact) mass is 153 g/mol. The average Bonchev–Trinajstić information content (AvgIpc) is 1.98. The molecule has 0 aromatic heterocycles. The molecule has 4 rings (SSSR count). The van der Waals surface area contributed by atoms with Crippen LogP contribution in [-0.4, -0.2) is 29.3 Å². The number of rotatable bonds is 0. The highest BCUT2D eigenvalue weighted by molar-refractivity contribution is 4.95. The fourth-order valence-corrected chi connectivity index (χ4v) is 3.41.